The maximum absolute atomic E-state index is 14.6. The Morgan fingerprint density at radius 1 is 1.12 bits per heavy atom. The Hall–Kier alpha value is -1.96. The summed E-state index contributed by atoms with van der Waals surface area (Å²) < 4.78 is 45.0. The minimum Gasteiger partial charge on any atom is -0.348 e. The van der Waals surface area contributed by atoms with E-state index in [0.717, 1.165) is 17.0 Å². The van der Waals surface area contributed by atoms with Crippen LogP contribution in [0.2, 0.25) is 0 Å². The first-order valence-corrected chi connectivity index (χ1v) is 10.8. The maximum Gasteiger partial charge on any atom is 0.253 e. The standard InChI is InChI=1S/C19H19FN2O2S2/c1-2-14-9-10-18(25-14)26(23,24)22-13-12-21-11-5-8-17(21)19(22)15-6-3-4-7-16(15)20/h3-11,19H,2,12-13H2,1H3/t19-/m1/s1. The zero-order valence-corrected chi connectivity index (χ0v) is 15.9. The van der Waals surface area contributed by atoms with Gasteiger partial charge in [0.15, 0.2) is 0 Å². The summed E-state index contributed by atoms with van der Waals surface area (Å²) in [6.07, 6.45) is 2.70. The van der Waals surface area contributed by atoms with E-state index in [4.69, 9.17) is 0 Å². The second kappa shape index (κ2) is 6.64. The lowest BCUT2D eigenvalue weighted by molar-refractivity contribution is 0.293. The number of hydrogen-bond donors (Lipinski definition) is 0. The molecule has 2 aromatic heterocycles. The highest BCUT2D eigenvalue weighted by molar-refractivity contribution is 7.91. The molecule has 1 aromatic carbocycles. The Kier molecular flexibility index (Phi) is 4.46. The summed E-state index contributed by atoms with van der Waals surface area (Å²) in [4.78, 5) is 1.02. The van der Waals surface area contributed by atoms with Gasteiger partial charge in [-0.1, -0.05) is 25.1 Å². The van der Waals surface area contributed by atoms with Crippen LogP contribution in [0.1, 0.15) is 29.1 Å². The molecular formula is C19H19FN2O2S2. The highest BCUT2D eigenvalue weighted by Gasteiger charge is 2.39. The van der Waals surface area contributed by atoms with Crippen LogP contribution in [0.4, 0.5) is 4.39 Å². The molecule has 0 saturated heterocycles. The van der Waals surface area contributed by atoms with Crippen LogP contribution < -0.4 is 0 Å². The van der Waals surface area contributed by atoms with E-state index >= 15 is 0 Å². The molecule has 3 aromatic rings. The quantitative estimate of drug-likeness (QED) is 0.675. The molecule has 7 heteroatoms. The number of rotatable bonds is 4. The van der Waals surface area contributed by atoms with Crippen molar-refractivity contribution >= 4 is 21.4 Å². The summed E-state index contributed by atoms with van der Waals surface area (Å²) >= 11 is 1.29. The van der Waals surface area contributed by atoms with Gasteiger partial charge in [0.2, 0.25) is 0 Å². The van der Waals surface area contributed by atoms with Gasteiger partial charge in [0.05, 0.1) is 6.04 Å². The van der Waals surface area contributed by atoms with Crippen molar-refractivity contribution in [2.75, 3.05) is 6.54 Å². The van der Waals surface area contributed by atoms with Crippen molar-refractivity contribution in [1.29, 1.82) is 0 Å². The maximum atomic E-state index is 14.6. The van der Waals surface area contributed by atoms with E-state index in [-0.39, 0.29) is 0 Å². The van der Waals surface area contributed by atoms with Crippen LogP contribution >= 0.6 is 11.3 Å². The lowest BCUT2D eigenvalue weighted by Crippen LogP contribution is -2.42. The molecule has 1 aliphatic rings. The number of nitrogens with zero attached hydrogens (tertiary/aromatic N) is 2. The molecule has 3 heterocycles. The van der Waals surface area contributed by atoms with Crippen LogP contribution in [-0.4, -0.2) is 23.8 Å². The summed E-state index contributed by atoms with van der Waals surface area (Å²) in [7, 11) is -3.71. The Morgan fingerprint density at radius 3 is 2.65 bits per heavy atom. The lowest BCUT2D eigenvalue weighted by atomic mass is 10.0. The monoisotopic (exact) mass is 390 g/mol. The fraction of sp³-hybridized carbons (Fsp3) is 0.263. The van der Waals surface area contributed by atoms with E-state index in [9.17, 15) is 12.8 Å². The molecule has 1 aliphatic heterocycles. The summed E-state index contributed by atoms with van der Waals surface area (Å²) in [6, 6.07) is 13.0. The normalized spacial score (nSPS) is 18.0. The average molecular weight is 391 g/mol. The van der Waals surface area contributed by atoms with Crippen molar-refractivity contribution in [2.45, 2.75) is 30.1 Å². The molecule has 0 saturated carbocycles. The summed E-state index contributed by atoms with van der Waals surface area (Å²) in [6.45, 7) is 2.86. The van der Waals surface area contributed by atoms with Crippen molar-refractivity contribution < 1.29 is 12.8 Å². The van der Waals surface area contributed by atoms with Crippen molar-refractivity contribution in [3.05, 3.63) is 76.7 Å². The number of benzene rings is 1. The first-order valence-electron chi connectivity index (χ1n) is 8.52. The molecule has 0 N–H and O–H groups in total. The number of halogens is 1. The number of hydrogen-bond acceptors (Lipinski definition) is 3. The van der Waals surface area contributed by atoms with Crippen LogP contribution in [-0.2, 0) is 23.0 Å². The molecular weight excluding hydrogens is 371 g/mol. The van der Waals surface area contributed by atoms with Gasteiger partial charge in [-0.05, 0) is 36.8 Å². The predicted octanol–water partition coefficient (Wildman–Crippen LogP) is 4.05. The molecule has 0 amide bonds. The Labute approximate surface area is 156 Å². The third-order valence-electron chi connectivity index (χ3n) is 4.74. The molecule has 0 spiro atoms. The van der Waals surface area contributed by atoms with Gasteiger partial charge in [-0.3, -0.25) is 0 Å². The van der Waals surface area contributed by atoms with E-state index < -0.39 is 21.9 Å². The van der Waals surface area contributed by atoms with Gasteiger partial charge in [0, 0.05) is 35.4 Å². The van der Waals surface area contributed by atoms with Gasteiger partial charge in [0.1, 0.15) is 10.0 Å². The SMILES string of the molecule is CCc1ccc(S(=O)(=O)N2CCn3cccc3[C@H]2c2ccccc2F)s1. The Morgan fingerprint density at radius 2 is 1.92 bits per heavy atom. The van der Waals surface area contributed by atoms with Gasteiger partial charge in [0.25, 0.3) is 10.0 Å². The minimum atomic E-state index is -3.71. The topological polar surface area (TPSA) is 42.3 Å². The highest BCUT2D eigenvalue weighted by atomic mass is 32.2. The zero-order valence-electron chi connectivity index (χ0n) is 14.3. The van der Waals surface area contributed by atoms with Crippen LogP contribution in [0.25, 0.3) is 0 Å². The van der Waals surface area contributed by atoms with Gasteiger partial charge in [-0.25, -0.2) is 12.8 Å². The van der Waals surface area contributed by atoms with E-state index in [2.05, 4.69) is 0 Å². The Bertz CT molecular complexity index is 1040. The van der Waals surface area contributed by atoms with Crippen LogP contribution in [0.5, 0.6) is 0 Å². The van der Waals surface area contributed by atoms with Crippen molar-refractivity contribution in [1.82, 2.24) is 8.87 Å². The van der Waals surface area contributed by atoms with Crippen LogP contribution in [0.15, 0.2) is 58.9 Å². The van der Waals surface area contributed by atoms with Crippen molar-refractivity contribution in [3.8, 4) is 0 Å². The predicted molar refractivity (Wildman–Crippen MR) is 100 cm³/mol. The smallest absolute Gasteiger partial charge is 0.253 e. The first-order chi connectivity index (χ1) is 12.5. The van der Waals surface area contributed by atoms with E-state index in [1.807, 2.05) is 35.9 Å². The molecule has 1 atom stereocenters. The second-order valence-electron chi connectivity index (χ2n) is 6.24. The summed E-state index contributed by atoms with van der Waals surface area (Å²) in [5, 5.41) is 0. The summed E-state index contributed by atoms with van der Waals surface area (Å²) in [5.74, 6) is -0.396. The van der Waals surface area contributed by atoms with Gasteiger partial charge >= 0.3 is 0 Å². The molecule has 136 valence electrons. The molecule has 26 heavy (non-hydrogen) atoms. The highest BCUT2D eigenvalue weighted by Crippen LogP contribution is 2.38. The second-order valence-corrected chi connectivity index (χ2v) is 9.53. The van der Waals surface area contributed by atoms with E-state index in [1.165, 1.54) is 21.7 Å². The molecule has 4 nitrogen and oxygen atoms in total. The Balaban J connectivity index is 1.85. The van der Waals surface area contributed by atoms with E-state index in [1.54, 1.807) is 24.3 Å². The van der Waals surface area contributed by atoms with Gasteiger partial charge in [-0.2, -0.15) is 4.31 Å². The number of aryl methyl sites for hydroxylation is 1. The lowest BCUT2D eigenvalue weighted by Gasteiger charge is -2.36. The van der Waals surface area contributed by atoms with Crippen LogP contribution in [0, 0.1) is 5.82 Å². The molecule has 0 unspecified atom stereocenters. The van der Waals surface area contributed by atoms with Crippen molar-refractivity contribution in [2.24, 2.45) is 0 Å². The third kappa shape index (κ3) is 2.80. The molecule has 0 radical (unpaired) electrons. The van der Waals surface area contributed by atoms with Gasteiger partial charge in [-0.15, -0.1) is 11.3 Å². The molecule has 0 aliphatic carbocycles. The molecule has 0 bridgehead atoms. The fourth-order valence-corrected chi connectivity index (χ4v) is 6.43. The number of aromatic nitrogens is 1. The fourth-order valence-electron chi connectivity index (χ4n) is 3.43. The van der Waals surface area contributed by atoms with Crippen molar-refractivity contribution in [3.63, 3.8) is 0 Å². The number of fused-ring (bicyclic) bond motifs is 1. The zero-order chi connectivity index (χ0) is 18.3. The third-order valence-corrected chi connectivity index (χ3v) is 8.30. The average Bonchev–Trinajstić information content (AvgIpc) is 3.30. The van der Waals surface area contributed by atoms with Gasteiger partial charge < -0.3 is 4.57 Å². The van der Waals surface area contributed by atoms with Crippen LogP contribution in [0.3, 0.4) is 0 Å². The number of thiophene rings is 1. The minimum absolute atomic E-state index is 0.308. The van der Waals surface area contributed by atoms with E-state index in [0.29, 0.717) is 22.9 Å². The first kappa shape index (κ1) is 17.5. The molecule has 4 rings (SSSR count). The molecule has 0 fully saturated rings. The summed E-state index contributed by atoms with van der Waals surface area (Å²) in [5.41, 5.74) is 1.17. The largest absolute Gasteiger partial charge is 0.348 e. The number of sulfonamides is 1.